The highest BCUT2D eigenvalue weighted by molar-refractivity contribution is 5.70. The zero-order valence-electron chi connectivity index (χ0n) is 25.6. The number of carbonyl (C=O) groups excluding carboxylic acids is 1. The van der Waals surface area contributed by atoms with Crippen molar-refractivity contribution in [3.05, 3.63) is 70.1 Å². The third kappa shape index (κ3) is 8.52. The zero-order chi connectivity index (χ0) is 32.1. The summed E-state index contributed by atoms with van der Waals surface area (Å²) in [5.41, 5.74) is 2.04. The molecule has 2 heterocycles. The number of amides is 1. The Labute approximate surface area is 249 Å². The molecule has 1 N–H and O–H groups in total. The van der Waals surface area contributed by atoms with Gasteiger partial charge < -0.3 is 23.9 Å². The van der Waals surface area contributed by atoms with E-state index in [4.69, 9.17) is 13.9 Å². The minimum absolute atomic E-state index is 0.0561. The smallest absolute Gasteiger partial charge is 0.416 e. The van der Waals surface area contributed by atoms with Crippen LogP contribution < -0.4 is 4.74 Å². The Balaban J connectivity index is 0.00000248. The van der Waals surface area contributed by atoms with Crippen molar-refractivity contribution in [3.63, 3.8) is 0 Å². The summed E-state index contributed by atoms with van der Waals surface area (Å²) >= 11 is 0. The first-order chi connectivity index (χ1) is 20.1. The number of carbonyl (C=O) groups is 2. The quantitative estimate of drug-likeness (QED) is 0.290. The molecule has 4 rings (SSSR count). The monoisotopic (exact) mass is 604 g/mol. The number of aliphatic carboxylic acids is 1. The van der Waals surface area contributed by atoms with Gasteiger partial charge in [-0.3, -0.25) is 4.79 Å². The van der Waals surface area contributed by atoms with Crippen LogP contribution in [0.15, 0.2) is 40.8 Å². The first-order valence-corrected chi connectivity index (χ1v) is 14.3. The molecule has 1 unspecified atom stereocenters. The molecule has 0 radical (unpaired) electrons. The number of ether oxygens (including phenoxy) is 2. The Morgan fingerprint density at radius 1 is 1.07 bits per heavy atom. The molecule has 0 aliphatic carbocycles. The summed E-state index contributed by atoms with van der Waals surface area (Å²) < 4.78 is 56.6. The number of aryl methyl sites for hydroxylation is 2. The summed E-state index contributed by atoms with van der Waals surface area (Å²) in [6.07, 6.45) is -4.76. The second-order valence-corrected chi connectivity index (χ2v) is 11.0. The number of benzene rings is 2. The zero-order valence-corrected chi connectivity index (χ0v) is 25.6. The Kier molecular flexibility index (Phi) is 10.5. The second-order valence-electron chi connectivity index (χ2n) is 11.0. The molecule has 0 fully saturated rings. The van der Waals surface area contributed by atoms with Crippen molar-refractivity contribution in [2.75, 3.05) is 6.54 Å². The molecule has 0 spiro atoms. The van der Waals surface area contributed by atoms with Gasteiger partial charge in [-0.2, -0.15) is 13.2 Å². The molecular weight excluding hydrogens is 565 g/mol. The lowest BCUT2D eigenvalue weighted by molar-refractivity contribution is -0.138. The van der Waals surface area contributed by atoms with E-state index in [-0.39, 0.29) is 18.9 Å². The van der Waals surface area contributed by atoms with E-state index in [2.05, 4.69) is 4.98 Å². The van der Waals surface area contributed by atoms with Gasteiger partial charge in [0, 0.05) is 30.6 Å². The fourth-order valence-corrected chi connectivity index (χ4v) is 4.73. The van der Waals surface area contributed by atoms with E-state index in [0.29, 0.717) is 42.2 Å². The third-order valence-corrected chi connectivity index (χ3v) is 6.69. The predicted molar refractivity (Wildman–Crippen MR) is 155 cm³/mol. The molecular formula is C32H39F3N2O6. The SMILES string of the molecule is CC.Cc1nc(-c2ccc(C(F)(F)F)cc2)oc1C(C)Oc1ccc(CCC(=O)O)c2c1CCN(C(=O)OC(C)(C)C)C2. The lowest BCUT2D eigenvalue weighted by atomic mass is 9.91. The fourth-order valence-electron chi connectivity index (χ4n) is 4.73. The van der Waals surface area contributed by atoms with Gasteiger partial charge in [-0.05, 0) is 88.9 Å². The topological polar surface area (TPSA) is 102 Å². The van der Waals surface area contributed by atoms with E-state index >= 15 is 0 Å². The lowest BCUT2D eigenvalue weighted by Crippen LogP contribution is -2.40. The van der Waals surface area contributed by atoms with E-state index < -0.39 is 35.5 Å². The first-order valence-electron chi connectivity index (χ1n) is 14.3. The molecule has 0 bridgehead atoms. The standard InChI is InChI=1S/C30H33F3N2O6.C2H6/c1-17-26(40-27(34-17)20-6-10-21(11-7-20)30(31,32)33)18(2)39-24-12-8-19(9-13-25(36)37)23-16-35(15-14-22(23)24)28(38)41-29(3,4)5;1-2/h6-8,10-12,18H,9,13-16H2,1-5H3,(H,36,37);1-2H3. The van der Waals surface area contributed by atoms with E-state index in [1.807, 2.05) is 19.9 Å². The Hall–Kier alpha value is -4.02. The summed E-state index contributed by atoms with van der Waals surface area (Å²) in [5.74, 6) is 0.259. The van der Waals surface area contributed by atoms with Gasteiger partial charge in [-0.25, -0.2) is 9.78 Å². The van der Waals surface area contributed by atoms with Crippen LogP contribution in [0.4, 0.5) is 18.0 Å². The van der Waals surface area contributed by atoms with Gasteiger partial charge >= 0.3 is 18.2 Å². The number of oxazole rings is 1. The minimum atomic E-state index is -4.44. The maximum atomic E-state index is 12.9. The van der Waals surface area contributed by atoms with Crippen LogP contribution in [0.5, 0.6) is 5.75 Å². The highest BCUT2D eigenvalue weighted by Crippen LogP contribution is 2.36. The molecule has 234 valence electrons. The van der Waals surface area contributed by atoms with Crippen LogP contribution in [-0.2, 0) is 35.1 Å². The van der Waals surface area contributed by atoms with Gasteiger partial charge in [-0.1, -0.05) is 19.9 Å². The van der Waals surface area contributed by atoms with Crippen LogP contribution >= 0.6 is 0 Å². The number of alkyl halides is 3. The molecule has 1 aliphatic rings. The number of halogens is 3. The average Bonchev–Trinajstić information content (AvgIpc) is 3.33. The number of carboxylic acid groups (broad SMARTS) is 1. The van der Waals surface area contributed by atoms with Crippen molar-refractivity contribution in [1.29, 1.82) is 0 Å². The van der Waals surface area contributed by atoms with Crippen molar-refractivity contribution < 1.29 is 41.8 Å². The third-order valence-electron chi connectivity index (χ3n) is 6.69. The minimum Gasteiger partial charge on any atom is -0.482 e. The van der Waals surface area contributed by atoms with Crippen LogP contribution in [0.1, 0.15) is 87.8 Å². The normalized spacial score (nSPS) is 13.9. The van der Waals surface area contributed by atoms with Gasteiger partial charge in [0.2, 0.25) is 5.89 Å². The number of hydrogen-bond donors (Lipinski definition) is 1. The molecule has 11 heteroatoms. The van der Waals surface area contributed by atoms with Crippen molar-refractivity contribution in [3.8, 4) is 17.2 Å². The summed E-state index contributed by atoms with van der Waals surface area (Å²) in [5, 5.41) is 9.23. The highest BCUT2D eigenvalue weighted by atomic mass is 19.4. The summed E-state index contributed by atoms with van der Waals surface area (Å²) in [6, 6.07) is 8.18. The molecule has 43 heavy (non-hydrogen) atoms. The molecule has 0 saturated carbocycles. The van der Waals surface area contributed by atoms with Crippen LogP contribution in [0.2, 0.25) is 0 Å². The van der Waals surface area contributed by atoms with Gasteiger partial charge in [0.25, 0.3) is 0 Å². The van der Waals surface area contributed by atoms with E-state index in [1.165, 1.54) is 12.1 Å². The Bertz CT molecular complexity index is 1420. The molecule has 1 amide bonds. The van der Waals surface area contributed by atoms with Crippen LogP contribution in [-0.4, -0.2) is 39.2 Å². The lowest BCUT2D eigenvalue weighted by Gasteiger charge is -2.33. The summed E-state index contributed by atoms with van der Waals surface area (Å²) in [6.45, 7) is 13.5. The molecule has 8 nitrogen and oxygen atoms in total. The average molecular weight is 605 g/mol. The van der Waals surface area contributed by atoms with Gasteiger partial charge in [0.15, 0.2) is 11.9 Å². The maximum Gasteiger partial charge on any atom is 0.416 e. The van der Waals surface area contributed by atoms with Crippen LogP contribution in [0.3, 0.4) is 0 Å². The molecule has 3 aromatic rings. The number of aromatic nitrogens is 1. The summed E-state index contributed by atoms with van der Waals surface area (Å²) in [7, 11) is 0. The molecule has 2 aromatic carbocycles. The number of carboxylic acids is 1. The Morgan fingerprint density at radius 3 is 2.30 bits per heavy atom. The van der Waals surface area contributed by atoms with Gasteiger partial charge in [0.05, 0.1) is 11.3 Å². The summed E-state index contributed by atoms with van der Waals surface area (Å²) in [4.78, 5) is 30.0. The first kappa shape index (κ1) is 33.5. The number of hydrogen-bond acceptors (Lipinski definition) is 6. The van der Waals surface area contributed by atoms with E-state index in [9.17, 15) is 27.9 Å². The van der Waals surface area contributed by atoms with E-state index in [0.717, 1.165) is 28.8 Å². The van der Waals surface area contributed by atoms with Crippen molar-refractivity contribution in [1.82, 2.24) is 9.88 Å². The van der Waals surface area contributed by atoms with Crippen molar-refractivity contribution in [2.24, 2.45) is 0 Å². The maximum absolute atomic E-state index is 12.9. The van der Waals surface area contributed by atoms with Crippen LogP contribution in [0.25, 0.3) is 11.5 Å². The van der Waals surface area contributed by atoms with E-state index in [1.54, 1.807) is 45.6 Å². The van der Waals surface area contributed by atoms with Gasteiger partial charge in [0.1, 0.15) is 11.4 Å². The molecule has 1 aromatic heterocycles. The predicted octanol–water partition coefficient (Wildman–Crippen LogP) is 8.15. The van der Waals surface area contributed by atoms with Crippen LogP contribution in [0, 0.1) is 6.92 Å². The Morgan fingerprint density at radius 2 is 1.72 bits per heavy atom. The number of nitrogens with zero attached hydrogens (tertiary/aromatic N) is 2. The number of fused-ring (bicyclic) bond motifs is 1. The van der Waals surface area contributed by atoms with Crippen molar-refractivity contribution in [2.45, 2.75) is 92.2 Å². The molecule has 1 atom stereocenters. The fraction of sp³-hybridized carbons (Fsp3) is 0.469. The van der Waals surface area contributed by atoms with Crippen molar-refractivity contribution >= 4 is 12.1 Å². The molecule has 1 aliphatic heterocycles. The second kappa shape index (κ2) is 13.5. The number of rotatable bonds is 7. The molecule has 0 saturated heterocycles. The largest absolute Gasteiger partial charge is 0.482 e. The van der Waals surface area contributed by atoms with Gasteiger partial charge in [-0.15, -0.1) is 0 Å². The highest BCUT2D eigenvalue weighted by Gasteiger charge is 2.31.